The molecule has 0 bridgehead atoms. The van der Waals surface area contributed by atoms with Gasteiger partial charge in [-0.1, -0.05) is 17.7 Å². The van der Waals surface area contributed by atoms with E-state index < -0.39 is 0 Å². The van der Waals surface area contributed by atoms with Gasteiger partial charge in [0.15, 0.2) is 5.96 Å². The van der Waals surface area contributed by atoms with E-state index in [0.717, 1.165) is 49.0 Å². The van der Waals surface area contributed by atoms with Crippen LogP contribution in [0.5, 0.6) is 0 Å². The minimum Gasteiger partial charge on any atom is -0.444 e. The number of guanidine groups is 1. The molecule has 1 aliphatic heterocycles. The van der Waals surface area contributed by atoms with Crippen LogP contribution < -0.4 is 10.6 Å². The number of rotatable bonds is 5. The summed E-state index contributed by atoms with van der Waals surface area (Å²) in [5, 5.41) is 11.1. The highest BCUT2D eigenvalue weighted by Crippen LogP contribution is 2.19. The first-order valence-corrected chi connectivity index (χ1v) is 9.64. The molecule has 1 aromatic carbocycles. The second-order valence-corrected chi connectivity index (χ2v) is 6.94. The highest BCUT2D eigenvalue weighted by atomic mass is 127. The van der Waals surface area contributed by atoms with Crippen molar-refractivity contribution in [3.63, 3.8) is 0 Å². The van der Waals surface area contributed by atoms with Crippen LogP contribution in [-0.2, 0) is 19.5 Å². The van der Waals surface area contributed by atoms with Crippen LogP contribution in [0.2, 0.25) is 0 Å². The van der Waals surface area contributed by atoms with Crippen molar-refractivity contribution in [2.24, 2.45) is 4.99 Å². The van der Waals surface area contributed by atoms with Crippen LogP contribution >= 0.6 is 24.0 Å². The van der Waals surface area contributed by atoms with E-state index in [0.29, 0.717) is 12.4 Å². The monoisotopic (exact) mass is 507 g/mol. The second-order valence-electron chi connectivity index (χ2n) is 6.94. The zero-order valence-electron chi connectivity index (χ0n) is 16.6. The van der Waals surface area contributed by atoms with Crippen molar-refractivity contribution in [1.29, 1.82) is 0 Å². The zero-order valence-corrected chi connectivity index (χ0v) is 19.0. The summed E-state index contributed by atoms with van der Waals surface area (Å²) in [5.74, 6) is 2.44. The minimum absolute atomic E-state index is 0. The number of aliphatic imine (C=N–C) groups is 1. The van der Waals surface area contributed by atoms with E-state index in [1.807, 2.05) is 16.8 Å². The van der Waals surface area contributed by atoms with Crippen LogP contribution in [-0.4, -0.2) is 38.3 Å². The number of benzene rings is 1. The Labute approximate surface area is 187 Å². The summed E-state index contributed by atoms with van der Waals surface area (Å²) in [6.45, 7) is 6.15. The molecule has 0 fully saturated rings. The maximum Gasteiger partial charge on any atom is 0.226 e. The molecule has 2 aromatic heterocycles. The summed E-state index contributed by atoms with van der Waals surface area (Å²) in [7, 11) is 0. The molecule has 0 saturated heterocycles. The minimum atomic E-state index is 0. The van der Waals surface area contributed by atoms with Gasteiger partial charge >= 0.3 is 0 Å². The number of hydrogen-bond acceptors (Lipinski definition) is 5. The summed E-state index contributed by atoms with van der Waals surface area (Å²) in [4.78, 5) is 13.5. The molecule has 0 radical (unpaired) electrons. The summed E-state index contributed by atoms with van der Waals surface area (Å²) >= 11 is 0. The number of hydrogen-bond donors (Lipinski definition) is 2. The molecule has 9 heteroatoms. The first-order chi connectivity index (χ1) is 13.7. The van der Waals surface area contributed by atoms with Crippen LogP contribution in [0.15, 0.2) is 46.3 Å². The lowest BCUT2D eigenvalue weighted by Gasteiger charge is -2.25. The number of fused-ring (bicyclic) bond motifs is 1. The van der Waals surface area contributed by atoms with Crippen LogP contribution in [0.1, 0.15) is 30.4 Å². The van der Waals surface area contributed by atoms with Gasteiger partial charge in [0.2, 0.25) is 5.89 Å². The van der Waals surface area contributed by atoms with Gasteiger partial charge in [-0.05, 0) is 32.4 Å². The van der Waals surface area contributed by atoms with Crippen molar-refractivity contribution in [2.45, 2.75) is 45.8 Å². The van der Waals surface area contributed by atoms with Gasteiger partial charge in [0.1, 0.15) is 24.1 Å². The molecule has 4 rings (SSSR count). The van der Waals surface area contributed by atoms with E-state index in [1.54, 1.807) is 12.6 Å². The number of halogens is 1. The second kappa shape index (κ2) is 9.86. The molecule has 154 valence electrons. The summed E-state index contributed by atoms with van der Waals surface area (Å²) in [6, 6.07) is 8.40. The van der Waals surface area contributed by atoms with E-state index in [2.05, 4.69) is 56.7 Å². The molecule has 2 N–H and O–H groups in total. The maximum atomic E-state index is 5.62. The van der Waals surface area contributed by atoms with Gasteiger partial charge in [0.25, 0.3) is 0 Å². The molecule has 29 heavy (non-hydrogen) atoms. The lowest BCUT2D eigenvalue weighted by Crippen LogP contribution is -2.47. The number of nitrogens with one attached hydrogen (secondary N) is 2. The largest absolute Gasteiger partial charge is 0.444 e. The molecule has 1 aliphatic rings. The summed E-state index contributed by atoms with van der Waals surface area (Å²) < 4.78 is 7.58. The summed E-state index contributed by atoms with van der Waals surface area (Å²) in [5.41, 5.74) is 2.98. The van der Waals surface area contributed by atoms with Crippen LogP contribution in [0.4, 0.5) is 0 Å². The van der Waals surface area contributed by atoms with E-state index >= 15 is 0 Å². The quantitative estimate of drug-likeness (QED) is 0.314. The van der Waals surface area contributed by atoms with E-state index in [1.165, 1.54) is 5.56 Å². The fraction of sp³-hybridized carbons (Fsp3) is 0.400. The molecule has 3 heterocycles. The maximum absolute atomic E-state index is 5.62. The van der Waals surface area contributed by atoms with Gasteiger partial charge in [-0.15, -0.1) is 24.0 Å². The average Bonchev–Trinajstić information content (AvgIpc) is 3.36. The highest BCUT2D eigenvalue weighted by Gasteiger charge is 2.20. The fourth-order valence-corrected chi connectivity index (χ4v) is 3.24. The molecule has 0 amide bonds. The van der Waals surface area contributed by atoms with E-state index in [9.17, 15) is 0 Å². The van der Waals surface area contributed by atoms with Crippen molar-refractivity contribution in [3.8, 4) is 11.5 Å². The predicted octanol–water partition coefficient (Wildman–Crippen LogP) is 2.93. The highest BCUT2D eigenvalue weighted by molar-refractivity contribution is 14.0. The van der Waals surface area contributed by atoms with Gasteiger partial charge in [-0.2, -0.15) is 5.10 Å². The number of aryl methyl sites for hydroxylation is 2. The lowest BCUT2D eigenvalue weighted by molar-refractivity contribution is 0.392. The van der Waals surface area contributed by atoms with E-state index in [4.69, 9.17) is 4.42 Å². The van der Waals surface area contributed by atoms with Crippen molar-refractivity contribution < 1.29 is 4.42 Å². The third kappa shape index (κ3) is 5.34. The normalized spacial score (nSPS) is 16.1. The molecule has 0 spiro atoms. The average molecular weight is 507 g/mol. The first-order valence-electron chi connectivity index (χ1n) is 9.64. The Morgan fingerprint density at radius 3 is 2.93 bits per heavy atom. The van der Waals surface area contributed by atoms with Gasteiger partial charge in [0, 0.05) is 24.6 Å². The van der Waals surface area contributed by atoms with Gasteiger partial charge in [-0.3, -0.25) is 0 Å². The summed E-state index contributed by atoms with van der Waals surface area (Å²) in [6.07, 6.45) is 5.21. The van der Waals surface area contributed by atoms with Crippen LogP contribution in [0.3, 0.4) is 0 Å². The fourth-order valence-electron chi connectivity index (χ4n) is 3.24. The molecule has 8 nitrogen and oxygen atoms in total. The number of nitrogens with zero attached hydrogens (tertiary/aromatic N) is 5. The standard InChI is InChI=1S/C20H25N7O.HI/c1-3-21-20(26-16-8-9-18-23-13-24-27(18)11-16)22-10-17-12-28-19(25-17)15-6-4-14(2)5-7-15;/h4-7,12-13,16H,3,8-11H2,1-2H3,(H2,21,22,26);1H. The first kappa shape index (κ1) is 21.3. The third-order valence-electron chi connectivity index (χ3n) is 4.74. The zero-order chi connectivity index (χ0) is 19.3. The van der Waals surface area contributed by atoms with Crippen molar-refractivity contribution >= 4 is 29.9 Å². The molecular weight excluding hydrogens is 481 g/mol. The van der Waals surface area contributed by atoms with Crippen LogP contribution in [0, 0.1) is 6.92 Å². The molecule has 3 aromatic rings. The predicted molar refractivity (Wildman–Crippen MR) is 122 cm³/mol. The molecule has 0 aliphatic carbocycles. The topological polar surface area (TPSA) is 93.2 Å². The van der Waals surface area contributed by atoms with E-state index in [-0.39, 0.29) is 30.0 Å². The number of aromatic nitrogens is 4. The Morgan fingerprint density at radius 1 is 1.31 bits per heavy atom. The van der Waals surface area contributed by atoms with Gasteiger partial charge < -0.3 is 15.1 Å². The Bertz CT molecular complexity index is 948. The van der Waals surface area contributed by atoms with Gasteiger partial charge in [0.05, 0.1) is 13.1 Å². The Morgan fingerprint density at radius 2 is 2.14 bits per heavy atom. The molecule has 0 saturated carbocycles. The van der Waals surface area contributed by atoms with Gasteiger partial charge in [-0.25, -0.2) is 19.6 Å². The van der Waals surface area contributed by atoms with Crippen molar-refractivity contribution in [3.05, 3.63) is 53.9 Å². The third-order valence-corrected chi connectivity index (χ3v) is 4.74. The Balaban J connectivity index is 0.00000240. The molecular formula is C20H26IN7O. The van der Waals surface area contributed by atoms with Crippen molar-refractivity contribution in [2.75, 3.05) is 6.54 Å². The Kier molecular flexibility index (Phi) is 7.24. The Hall–Kier alpha value is -2.43. The number of oxazole rings is 1. The smallest absolute Gasteiger partial charge is 0.226 e. The molecule has 1 unspecified atom stereocenters. The van der Waals surface area contributed by atoms with Crippen molar-refractivity contribution in [1.82, 2.24) is 30.4 Å². The lowest BCUT2D eigenvalue weighted by atomic mass is 10.1. The molecule has 1 atom stereocenters. The van der Waals surface area contributed by atoms with Crippen LogP contribution in [0.25, 0.3) is 11.5 Å². The SMILES string of the molecule is CCNC(=NCc1coc(-c2ccc(C)cc2)n1)NC1CCc2ncnn2C1.I.